The summed E-state index contributed by atoms with van der Waals surface area (Å²) in [6, 6.07) is 3.85. The van der Waals surface area contributed by atoms with Crippen molar-refractivity contribution in [3.63, 3.8) is 0 Å². The quantitative estimate of drug-likeness (QED) is 0.498. The van der Waals surface area contributed by atoms with Crippen LogP contribution in [0.4, 0.5) is 0 Å². The highest BCUT2D eigenvalue weighted by Gasteiger charge is 2.00. The van der Waals surface area contributed by atoms with E-state index in [1.165, 1.54) is 9.13 Å². The zero-order chi connectivity index (χ0) is 7.72. The molecule has 0 aliphatic carbocycles. The molecule has 0 aliphatic rings. The number of benzene rings is 1. The first-order valence-corrected chi connectivity index (χ1v) is 4.97. The standard InChI is InChI=1S/C7H5BrClI/c1-4-2-5(9)3-6(8)7(4)10/h2-3H,1H3. The van der Waals surface area contributed by atoms with Gasteiger partial charge in [0.1, 0.15) is 0 Å². The van der Waals surface area contributed by atoms with E-state index in [1.807, 2.05) is 19.1 Å². The van der Waals surface area contributed by atoms with Crippen molar-refractivity contribution in [3.05, 3.63) is 30.8 Å². The molecule has 1 rings (SSSR count). The van der Waals surface area contributed by atoms with Gasteiger partial charge in [-0.15, -0.1) is 0 Å². The molecule has 54 valence electrons. The summed E-state index contributed by atoms with van der Waals surface area (Å²) in [5.41, 5.74) is 1.21. The minimum atomic E-state index is 0.782. The molecule has 10 heavy (non-hydrogen) atoms. The van der Waals surface area contributed by atoms with Gasteiger partial charge in [0.2, 0.25) is 0 Å². The Morgan fingerprint density at radius 1 is 1.50 bits per heavy atom. The van der Waals surface area contributed by atoms with Crippen LogP contribution in [0.25, 0.3) is 0 Å². The zero-order valence-electron chi connectivity index (χ0n) is 5.29. The fourth-order valence-corrected chi connectivity index (χ4v) is 1.96. The molecule has 0 atom stereocenters. The van der Waals surface area contributed by atoms with E-state index in [2.05, 4.69) is 38.5 Å². The van der Waals surface area contributed by atoms with E-state index in [1.54, 1.807) is 0 Å². The van der Waals surface area contributed by atoms with E-state index in [-0.39, 0.29) is 0 Å². The SMILES string of the molecule is Cc1cc(Cl)cc(Br)c1I. The molecule has 0 spiro atoms. The molecule has 0 aliphatic heterocycles. The van der Waals surface area contributed by atoms with Gasteiger partial charge in [0.25, 0.3) is 0 Å². The Bertz CT molecular complexity index is 237. The van der Waals surface area contributed by atoms with Gasteiger partial charge >= 0.3 is 0 Å². The summed E-state index contributed by atoms with van der Waals surface area (Å²) in [4.78, 5) is 0. The second-order valence-electron chi connectivity index (χ2n) is 2.02. The monoisotopic (exact) mass is 330 g/mol. The highest BCUT2D eigenvalue weighted by molar-refractivity contribution is 14.1. The fourth-order valence-electron chi connectivity index (χ4n) is 0.685. The van der Waals surface area contributed by atoms with Crippen molar-refractivity contribution >= 4 is 50.1 Å². The smallest absolute Gasteiger partial charge is 0.0420 e. The first-order valence-electron chi connectivity index (χ1n) is 2.72. The molecule has 0 saturated carbocycles. The van der Waals surface area contributed by atoms with Crippen LogP contribution in [0, 0.1) is 10.5 Å². The Balaban J connectivity index is 3.31. The summed E-state index contributed by atoms with van der Waals surface area (Å²) < 4.78 is 2.29. The highest BCUT2D eigenvalue weighted by Crippen LogP contribution is 2.26. The van der Waals surface area contributed by atoms with Crippen molar-refractivity contribution in [2.75, 3.05) is 0 Å². The summed E-state index contributed by atoms with van der Waals surface area (Å²) in [5.74, 6) is 0. The van der Waals surface area contributed by atoms with E-state index in [9.17, 15) is 0 Å². The predicted octanol–water partition coefficient (Wildman–Crippen LogP) is 4.02. The number of aryl methyl sites for hydroxylation is 1. The highest BCUT2D eigenvalue weighted by atomic mass is 127. The number of rotatable bonds is 0. The van der Waals surface area contributed by atoms with Gasteiger partial charge in [-0.1, -0.05) is 11.6 Å². The average molecular weight is 331 g/mol. The minimum Gasteiger partial charge on any atom is -0.0843 e. The topological polar surface area (TPSA) is 0 Å². The largest absolute Gasteiger partial charge is 0.0843 e. The van der Waals surface area contributed by atoms with E-state index in [4.69, 9.17) is 11.6 Å². The van der Waals surface area contributed by atoms with Crippen molar-refractivity contribution in [2.24, 2.45) is 0 Å². The maximum atomic E-state index is 5.79. The van der Waals surface area contributed by atoms with Gasteiger partial charge in [0.05, 0.1) is 0 Å². The maximum absolute atomic E-state index is 5.79. The number of halogens is 3. The van der Waals surface area contributed by atoms with E-state index in [0.29, 0.717) is 0 Å². The van der Waals surface area contributed by atoms with Crippen molar-refractivity contribution in [1.29, 1.82) is 0 Å². The second kappa shape index (κ2) is 3.41. The molecule has 0 saturated heterocycles. The molecule has 3 heteroatoms. The van der Waals surface area contributed by atoms with Crippen molar-refractivity contribution in [3.8, 4) is 0 Å². The van der Waals surface area contributed by atoms with Crippen LogP contribution in [0.15, 0.2) is 16.6 Å². The summed E-state index contributed by atoms with van der Waals surface area (Å²) in [7, 11) is 0. The normalized spacial score (nSPS) is 10.0. The number of hydrogen-bond donors (Lipinski definition) is 0. The lowest BCUT2D eigenvalue weighted by atomic mass is 10.2. The summed E-state index contributed by atoms with van der Waals surface area (Å²) >= 11 is 11.5. The van der Waals surface area contributed by atoms with Crippen molar-refractivity contribution in [2.45, 2.75) is 6.92 Å². The van der Waals surface area contributed by atoms with E-state index in [0.717, 1.165) is 9.50 Å². The van der Waals surface area contributed by atoms with Gasteiger partial charge in [-0.3, -0.25) is 0 Å². The lowest BCUT2D eigenvalue weighted by Gasteiger charge is -2.00. The molecule has 0 radical (unpaired) electrons. The average Bonchev–Trinajstić information content (AvgIpc) is 1.82. The van der Waals surface area contributed by atoms with Crippen LogP contribution < -0.4 is 0 Å². The molecule has 1 aromatic rings. The third-order valence-electron chi connectivity index (χ3n) is 1.17. The van der Waals surface area contributed by atoms with Gasteiger partial charge in [0.15, 0.2) is 0 Å². The Morgan fingerprint density at radius 3 is 2.60 bits per heavy atom. The second-order valence-corrected chi connectivity index (χ2v) is 4.39. The molecule has 0 amide bonds. The van der Waals surface area contributed by atoms with Crippen LogP contribution in [0.5, 0.6) is 0 Å². The van der Waals surface area contributed by atoms with Crippen LogP contribution in [0.3, 0.4) is 0 Å². The van der Waals surface area contributed by atoms with Gasteiger partial charge in [0, 0.05) is 13.1 Å². The minimum absolute atomic E-state index is 0.782. The lowest BCUT2D eigenvalue weighted by Crippen LogP contribution is -1.80. The third-order valence-corrected chi connectivity index (χ3v) is 4.19. The van der Waals surface area contributed by atoms with Crippen LogP contribution in [-0.2, 0) is 0 Å². The maximum Gasteiger partial charge on any atom is 0.0420 e. The molecule has 0 bridgehead atoms. The van der Waals surface area contributed by atoms with Crippen molar-refractivity contribution in [1.82, 2.24) is 0 Å². The van der Waals surface area contributed by atoms with Crippen LogP contribution in [-0.4, -0.2) is 0 Å². The zero-order valence-corrected chi connectivity index (χ0v) is 9.79. The number of hydrogen-bond acceptors (Lipinski definition) is 0. The molecule has 0 heterocycles. The molecule has 0 unspecified atom stereocenters. The Hall–Kier alpha value is 0.720. The van der Waals surface area contributed by atoms with Gasteiger partial charge in [-0.05, 0) is 63.1 Å². The summed E-state index contributed by atoms with van der Waals surface area (Å²) in [5, 5.41) is 0.782. The fraction of sp³-hybridized carbons (Fsp3) is 0.143. The summed E-state index contributed by atoms with van der Waals surface area (Å²) in [6.07, 6.45) is 0. The first-order chi connectivity index (χ1) is 4.61. The van der Waals surface area contributed by atoms with E-state index >= 15 is 0 Å². The van der Waals surface area contributed by atoms with Gasteiger partial charge < -0.3 is 0 Å². The van der Waals surface area contributed by atoms with Gasteiger partial charge in [-0.25, -0.2) is 0 Å². The molecule has 0 nitrogen and oxygen atoms in total. The Morgan fingerprint density at radius 2 is 2.10 bits per heavy atom. The van der Waals surface area contributed by atoms with E-state index < -0.39 is 0 Å². The third kappa shape index (κ3) is 1.86. The van der Waals surface area contributed by atoms with Gasteiger partial charge in [-0.2, -0.15) is 0 Å². The molecule has 0 fully saturated rings. The molecular formula is C7H5BrClI. The molecular weight excluding hydrogens is 326 g/mol. The lowest BCUT2D eigenvalue weighted by molar-refractivity contribution is 1.40. The van der Waals surface area contributed by atoms with Crippen LogP contribution in [0.1, 0.15) is 5.56 Å². The summed E-state index contributed by atoms with van der Waals surface area (Å²) in [6.45, 7) is 2.04. The first kappa shape index (κ1) is 8.81. The van der Waals surface area contributed by atoms with Crippen LogP contribution in [0.2, 0.25) is 5.02 Å². The van der Waals surface area contributed by atoms with Crippen LogP contribution >= 0.6 is 50.1 Å². The molecule has 1 aromatic carbocycles. The predicted molar refractivity (Wildman–Crippen MR) is 56.6 cm³/mol. The molecule has 0 aromatic heterocycles. The Labute approximate surface area is 87.2 Å². The molecule has 0 N–H and O–H groups in total. The van der Waals surface area contributed by atoms with Crippen molar-refractivity contribution < 1.29 is 0 Å². The Kier molecular flexibility index (Phi) is 3.01.